The van der Waals surface area contributed by atoms with Crippen LogP contribution in [0.1, 0.15) is 18.1 Å². The van der Waals surface area contributed by atoms with Gasteiger partial charge in [-0.3, -0.25) is 4.68 Å². The Hall–Kier alpha value is -1.65. The summed E-state index contributed by atoms with van der Waals surface area (Å²) < 4.78 is 1.74. The van der Waals surface area contributed by atoms with Crippen LogP contribution in [0, 0.1) is 0 Å². The van der Waals surface area contributed by atoms with Gasteiger partial charge in [-0.15, -0.1) is 0 Å². The van der Waals surface area contributed by atoms with Crippen molar-refractivity contribution in [3.63, 3.8) is 0 Å². The van der Waals surface area contributed by atoms with Crippen LogP contribution in [-0.2, 0) is 19.5 Å². The SMILES string of the molecule is CCc1ccc(CNCC(O)Cn2cccn2)cc1. The molecule has 0 spiro atoms. The average Bonchev–Trinajstić information content (AvgIpc) is 2.92. The average molecular weight is 259 g/mol. The van der Waals surface area contributed by atoms with Crippen LogP contribution in [0.25, 0.3) is 0 Å². The van der Waals surface area contributed by atoms with Gasteiger partial charge in [-0.25, -0.2) is 0 Å². The Balaban J connectivity index is 1.70. The summed E-state index contributed by atoms with van der Waals surface area (Å²) in [4.78, 5) is 0. The van der Waals surface area contributed by atoms with Crippen molar-refractivity contribution in [2.24, 2.45) is 0 Å². The first-order valence-corrected chi connectivity index (χ1v) is 6.72. The molecule has 0 amide bonds. The molecule has 0 saturated carbocycles. The van der Waals surface area contributed by atoms with Crippen LogP contribution in [0.5, 0.6) is 0 Å². The Morgan fingerprint density at radius 3 is 2.63 bits per heavy atom. The van der Waals surface area contributed by atoms with Crippen molar-refractivity contribution >= 4 is 0 Å². The molecule has 0 fully saturated rings. The van der Waals surface area contributed by atoms with Gasteiger partial charge in [0.2, 0.25) is 0 Å². The number of nitrogens with zero attached hydrogens (tertiary/aromatic N) is 2. The predicted molar refractivity (Wildman–Crippen MR) is 75.8 cm³/mol. The molecule has 0 radical (unpaired) electrons. The van der Waals surface area contributed by atoms with Crippen molar-refractivity contribution in [1.82, 2.24) is 15.1 Å². The highest BCUT2D eigenvalue weighted by atomic mass is 16.3. The minimum atomic E-state index is -0.421. The molecule has 102 valence electrons. The Morgan fingerprint density at radius 1 is 1.26 bits per heavy atom. The first-order valence-electron chi connectivity index (χ1n) is 6.72. The normalized spacial score (nSPS) is 12.5. The summed E-state index contributed by atoms with van der Waals surface area (Å²) in [6, 6.07) is 10.4. The zero-order chi connectivity index (χ0) is 13.5. The predicted octanol–water partition coefficient (Wildman–Crippen LogP) is 1.60. The number of aryl methyl sites for hydroxylation is 1. The first-order chi connectivity index (χ1) is 9.28. The molecule has 1 atom stereocenters. The lowest BCUT2D eigenvalue weighted by atomic mass is 10.1. The van der Waals surface area contributed by atoms with Gasteiger partial charge in [0, 0.05) is 25.5 Å². The number of aromatic nitrogens is 2. The van der Waals surface area contributed by atoms with Crippen LogP contribution < -0.4 is 5.32 Å². The maximum absolute atomic E-state index is 9.86. The number of nitrogens with one attached hydrogen (secondary N) is 1. The third kappa shape index (κ3) is 4.50. The molecule has 4 nitrogen and oxygen atoms in total. The van der Waals surface area contributed by atoms with E-state index >= 15 is 0 Å². The van der Waals surface area contributed by atoms with Gasteiger partial charge in [0.1, 0.15) is 0 Å². The van der Waals surface area contributed by atoms with Gasteiger partial charge in [0.05, 0.1) is 12.6 Å². The van der Waals surface area contributed by atoms with E-state index in [-0.39, 0.29) is 0 Å². The molecule has 1 aromatic carbocycles. The zero-order valence-corrected chi connectivity index (χ0v) is 11.3. The van der Waals surface area contributed by atoms with Gasteiger partial charge in [-0.2, -0.15) is 5.10 Å². The van der Waals surface area contributed by atoms with Crippen LogP contribution >= 0.6 is 0 Å². The number of aliphatic hydroxyl groups excluding tert-OH is 1. The molecule has 1 heterocycles. The molecule has 2 rings (SSSR count). The van der Waals surface area contributed by atoms with E-state index in [9.17, 15) is 5.11 Å². The summed E-state index contributed by atoms with van der Waals surface area (Å²) in [5, 5.41) is 17.2. The molecule has 0 saturated heterocycles. The lowest BCUT2D eigenvalue weighted by Gasteiger charge is -2.12. The van der Waals surface area contributed by atoms with Crippen molar-refractivity contribution in [3.8, 4) is 0 Å². The quantitative estimate of drug-likeness (QED) is 0.794. The maximum atomic E-state index is 9.86. The van der Waals surface area contributed by atoms with E-state index in [1.165, 1.54) is 11.1 Å². The summed E-state index contributed by atoms with van der Waals surface area (Å²) in [5.74, 6) is 0. The van der Waals surface area contributed by atoms with E-state index in [1.807, 2.05) is 12.3 Å². The molecular formula is C15H21N3O. The summed E-state index contributed by atoms with van der Waals surface area (Å²) in [5.41, 5.74) is 2.59. The van der Waals surface area contributed by atoms with E-state index in [1.54, 1.807) is 10.9 Å². The first kappa shape index (κ1) is 13.8. The fourth-order valence-corrected chi connectivity index (χ4v) is 1.96. The van der Waals surface area contributed by atoms with Crippen molar-refractivity contribution in [3.05, 3.63) is 53.9 Å². The van der Waals surface area contributed by atoms with Crippen LogP contribution in [-0.4, -0.2) is 27.5 Å². The molecule has 19 heavy (non-hydrogen) atoms. The van der Waals surface area contributed by atoms with Gasteiger partial charge in [0.25, 0.3) is 0 Å². The second-order valence-electron chi connectivity index (χ2n) is 4.68. The summed E-state index contributed by atoms with van der Waals surface area (Å²) in [6.07, 6.45) is 4.22. The molecular weight excluding hydrogens is 238 g/mol. The van der Waals surface area contributed by atoms with Crippen molar-refractivity contribution in [2.45, 2.75) is 32.5 Å². The zero-order valence-electron chi connectivity index (χ0n) is 11.3. The molecule has 0 aliphatic carbocycles. The second kappa shape index (κ2) is 7.07. The highest BCUT2D eigenvalue weighted by Crippen LogP contribution is 2.04. The van der Waals surface area contributed by atoms with Gasteiger partial charge >= 0.3 is 0 Å². The maximum Gasteiger partial charge on any atom is 0.0860 e. The van der Waals surface area contributed by atoms with Gasteiger partial charge in [0.15, 0.2) is 0 Å². The van der Waals surface area contributed by atoms with Crippen molar-refractivity contribution in [2.75, 3.05) is 6.54 Å². The topological polar surface area (TPSA) is 50.1 Å². The standard InChI is InChI=1S/C15H21N3O/c1-2-13-4-6-14(7-5-13)10-16-11-15(19)12-18-9-3-8-17-18/h3-9,15-16,19H,2,10-12H2,1H3. The number of hydrogen-bond acceptors (Lipinski definition) is 3. The van der Waals surface area contributed by atoms with E-state index in [0.29, 0.717) is 13.1 Å². The fourth-order valence-electron chi connectivity index (χ4n) is 1.96. The second-order valence-corrected chi connectivity index (χ2v) is 4.68. The number of rotatable bonds is 7. The molecule has 0 bridgehead atoms. The molecule has 0 aliphatic heterocycles. The Kier molecular flexibility index (Phi) is 5.12. The lowest BCUT2D eigenvalue weighted by Crippen LogP contribution is -2.30. The largest absolute Gasteiger partial charge is 0.390 e. The van der Waals surface area contributed by atoms with Crippen LogP contribution in [0.4, 0.5) is 0 Å². The smallest absolute Gasteiger partial charge is 0.0860 e. The third-order valence-electron chi connectivity index (χ3n) is 3.10. The number of benzene rings is 1. The van der Waals surface area contributed by atoms with Gasteiger partial charge in [-0.1, -0.05) is 31.2 Å². The minimum absolute atomic E-state index is 0.421. The van der Waals surface area contributed by atoms with Crippen LogP contribution in [0.15, 0.2) is 42.7 Å². The Morgan fingerprint density at radius 2 is 2.00 bits per heavy atom. The molecule has 4 heteroatoms. The Bertz CT molecular complexity index is 465. The summed E-state index contributed by atoms with van der Waals surface area (Å²) >= 11 is 0. The molecule has 1 aromatic heterocycles. The minimum Gasteiger partial charge on any atom is -0.390 e. The van der Waals surface area contributed by atoms with Crippen molar-refractivity contribution < 1.29 is 5.11 Å². The van der Waals surface area contributed by atoms with Crippen molar-refractivity contribution in [1.29, 1.82) is 0 Å². The Labute approximate surface area is 114 Å². The highest BCUT2D eigenvalue weighted by molar-refractivity contribution is 5.22. The van der Waals surface area contributed by atoms with Gasteiger partial charge < -0.3 is 10.4 Å². The monoisotopic (exact) mass is 259 g/mol. The summed E-state index contributed by atoms with van der Waals surface area (Å²) in [6.45, 7) is 4.02. The fraction of sp³-hybridized carbons (Fsp3) is 0.400. The molecule has 2 N–H and O–H groups in total. The highest BCUT2D eigenvalue weighted by Gasteiger charge is 2.04. The number of hydrogen-bond donors (Lipinski definition) is 2. The van der Waals surface area contributed by atoms with E-state index in [2.05, 4.69) is 41.6 Å². The third-order valence-corrected chi connectivity index (χ3v) is 3.10. The van der Waals surface area contributed by atoms with Crippen LogP contribution in [0.3, 0.4) is 0 Å². The van der Waals surface area contributed by atoms with Gasteiger partial charge in [-0.05, 0) is 23.6 Å². The van der Waals surface area contributed by atoms with Crippen LogP contribution in [0.2, 0.25) is 0 Å². The number of aliphatic hydroxyl groups is 1. The van der Waals surface area contributed by atoms with E-state index < -0.39 is 6.10 Å². The molecule has 2 aromatic rings. The molecule has 1 unspecified atom stereocenters. The van der Waals surface area contributed by atoms with E-state index in [0.717, 1.165) is 13.0 Å². The lowest BCUT2D eigenvalue weighted by molar-refractivity contribution is 0.146. The van der Waals surface area contributed by atoms with E-state index in [4.69, 9.17) is 0 Å². The molecule has 0 aliphatic rings. The summed E-state index contributed by atoms with van der Waals surface area (Å²) in [7, 11) is 0.